The Balaban J connectivity index is 1.92. The molecule has 0 aliphatic rings. The minimum Gasteiger partial charge on any atom is -0.461 e. The zero-order valence-corrected chi connectivity index (χ0v) is 11.4. The van der Waals surface area contributed by atoms with Gasteiger partial charge in [0.1, 0.15) is 11.3 Å². The van der Waals surface area contributed by atoms with Gasteiger partial charge in [-0.1, -0.05) is 42.5 Å². The Labute approximate surface area is 117 Å². The molecular weight excluding hydrogens is 248 g/mol. The topological polar surface area (TPSA) is 30.2 Å². The van der Waals surface area contributed by atoms with Crippen LogP contribution in [0.2, 0.25) is 0 Å². The van der Waals surface area contributed by atoms with Gasteiger partial charge in [0.05, 0.1) is 5.39 Å². The van der Waals surface area contributed by atoms with Crippen molar-refractivity contribution in [2.24, 2.45) is 0 Å². The van der Waals surface area contributed by atoms with Gasteiger partial charge in [0, 0.05) is 12.5 Å². The smallest absolute Gasteiger partial charge is 0.193 e. The van der Waals surface area contributed by atoms with E-state index in [1.807, 2.05) is 43.3 Å². The van der Waals surface area contributed by atoms with E-state index >= 15 is 0 Å². The van der Waals surface area contributed by atoms with Crippen LogP contribution in [0, 0.1) is 6.92 Å². The third-order valence-corrected chi connectivity index (χ3v) is 3.52. The fourth-order valence-electron chi connectivity index (χ4n) is 2.47. The Hall–Kier alpha value is -2.35. The zero-order valence-electron chi connectivity index (χ0n) is 11.4. The number of aryl methyl sites for hydroxylation is 3. The van der Waals surface area contributed by atoms with Gasteiger partial charge in [-0.2, -0.15) is 0 Å². The van der Waals surface area contributed by atoms with Crippen molar-refractivity contribution in [2.75, 3.05) is 0 Å². The molecular formula is C18H16O2. The van der Waals surface area contributed by atoms with Crippen LogP contribution in [0.25, 0.3) is 11.0 Å². The number of fused-ring (bicyclic) bond motifs is 1. The lowest BCUT2D eigenvalue weighted by molar-refractivity contribution is 0.534. The highest BCUT2D eigenvalue weighted by atomic mass is 16.3. The summed E-state index contributed by atoms with van der Waals surface area (Å²) in [6, 6.07) is 17.6. The molecule has 0 aliphatic carbocycles. The number of hydrogen-bond donors (Lipinski definition) is 0. The third-order valence-electron chi connectivity index (χ3n) is 3.52. The Bertz CT molecular complexity index is 785. The normalized spacial score (nSPS) is 10.8. The highest BCUT2D eigenvalue weighted by molar-refractivity contribution is 5.79. The van der Waals surface area contributed by atoms with E-state index < -0.39 is 0 Å². The molecule has 2 aromatic carbocycles. The SMILES string of the molecule is Cc1cccc2oc(CCc3ccccc3)cc(=O)c12. The van der Waals surface area contributed by atoms with Gasteiger partial charge in [-0.25, -0.2) is 0 Å². The highest BCUT2D eigenvalue weighted by Crippen LogP contribution is 2.17. The predicted octanol–water partition coefficient (Wildman–Crippen LogP) is 3.89. The lowest BCUT2D eigenvalue weighted by Crippen LogP contribution is -2.04. The van der Waals surface area contributed by atoms with E-state index in [4.69, 9.17) is 4.42 Å². The van der Waals surface area contributed by atoms with Crippen LogP contribution in [-0.2, 0) is 12.8 Å². The van der Waals surface area contributed by atoms with Crippen LogP contribution < -0.4 is 5.43 Å². The van der Waals surface area contributed by atoms with Crippen molar-refractivity contribution in [1.82, 2.24) is 0 Å². The first-order chi connectivity index (χ1) is 9.74. The minimum atomic E-state index is 0.0485. The van der Waals surface area contributed by atoms with Crippen molar-refractivity contribution < 1.29 is 4.42 Å². The maximum atomic E-state index is 12.2. The van der Waals surface area contributed by atoms with E-state index in [-0.39, 0.29) is 5.43 Å². The van der Waals surface area contributed by atoms with Crippen LogP contribution in [0.4, 0.5) is 0 Å². The molecule has 0 saturated carbocycles. The first-order valence-electron chi connectivity index (χ1n) is 6.80. The standard InChI is InChI=1S/C18H16O2/c1-13-6-5-9-17-18(13)16(19)12-15(20-17)11-10-14-7-3-2-4-8-14/h2-9,12H,10-11H2,1H3. The van der Waals surface area contributed by atoms with E-state index in [0.717, 1.165) is 24.2 Å². The van der Waals surface area contributed by atoms with Gasteiger partial charge in [-0.3, -0.25) is 4.79 Å². The lowest BCUT2D eigenvalue weighted by Gasteiger charge is -2.05. The maximum Gasteiger partial charge on any atom is 0.193 e. The second kappa shape index (κ2) is 5.33. The molecule has 1 heterocycles. The molecule has 0 fully saturated rings. The summed E-state index contributed by atoms with van der Waals surface area (Å²) in [6.07, 6.45) is 1.62. The molecule has 3 aromatic rings. The van der Waals surface area contributed by atoms with Crippen molar-refractivity contribution in [3.05, 3.63) is 81.7 Å². The van der Waals surface area contributed by atoms with Crippen LogP contribution in [0.1, 0.15) is 16.9 Å². The molecule has 0 amide bonds. The van der Waals surface area contributed by atoms with Gasteiger partial charge in [0.15, 0.2) is 5.43 Å². The van der Waals surface area contributed by atoms with Crippen LogP contribution in [0.15, 0.2) is 63.8 Å². The van der Waals surface area contributed by atoms with Crippen molar-refractivity contribution in [2.45, 2.75) is 19.8 Å². The summed E-state index contributed by atoms with van der Waals surface area (Å²) < 4.78 is 5.85. The number of hydrogen-bond acceptors (Lipinski definition) is 2. The fraction of sp³-hybridized carbons (Fsp3) is 0.167. The molecule has 0 unspecified atom stereocenters. The number of rotatable bonds is 3. The average molecular weight is 264 g/mol. The molecule has 3 rings (SSSR count). The zero-order chi connectivity index (χ0) is 13.9. The second-order valence-electron chi connectivity index (χ2n) is 5.01. The van der Waals surface area contributed by atoms with Gasteiger partial charge in [-0.15, -0.1) is 0 Å². The quantitative estimate of drug-likeness (QED) is 0.718. The lowest BCUT2D eigenvalue weighted by atomic mass is 10.1. The molecule has 2 nitrogen and oxygen atoms in total. The van der Waals surface area contributed by atoms with Crippen molar-refractivity contribution >= 4 is 11.0 Å². The predicted molar refractivity (Wildman–Crippen MR) is 81.1 cm³/mol. The molecule has 100 valence electrons. The summed E-state index contributed by atoms with van der Waals surface area (Å²) in [4.78, 5) is 12.2. The highest BCUT2D eigenvalue weighted by Gasteiger charge is 2.07. The van der Waals surface area contributed by atoms with Crippen LogP contribution in [-0.4, -0.2) is 0 Å². The molecule has 0 aliphatic heterocycles. The summed E-state index contributed by atoms with van der Waals surface area (Å²) in [5.74, 6) is 0.747. The van der Waals surface area contributed by atoms with Crippen LogP contribution in [0.5, 0.6) is 0 Å². The second-order valence-corrected chi connectivity index (χ2v) is 5.01. The molecule has 0 bridgehead atoms. The van der Waals surface area contributed by atoms with Gasteiger partial charge in [0.25, 0.3) is 0 Å². The molecule has 0 N–H and O–H groups in total. The average Bonchev–Trinajstić information content (AvgIpc) is 2.46. The first-order valence-corrected chi connectivity index (χ1v) is 6.80. The minimum absolute atomic E-state index is 0.0485. The molecule has 0 saturated heterocycles. The van der Waals surface area contributed by atoms with Crippen molar-refractivity contribution in [3.63, 3.8) is 0 Å². The van der Waals surface area contributed by atoms with E-state index in [0.29, 0.717) is 11.0 Å². The molecule has 20 heavy (non-hydrogen) atoms. The van der Waals surface area contributed by atoms with Gasteiger partial charge in [0.2, 0.25) is 0 Å². The molecule has 0 atom stereocenters. The van der Waals surface area contributed by atoms with Gasteiger partial charge < -0.3 is 4.42 Å². The van der Waals surface area contributed by atoms with E-state index in [1.54, 1.807) is 6.07 Å². The maximum absolute atomic E-state index is 12.2. The molecule has 1 aromatic heterocycles. The van der Waals surface area contributed by atoms with E-state index in [9.17, 15) is 4.79 Å². The fourth-order valence-corrected chi connectivity index (χ4v) is 2.47. The van der Waals surface area contributed by atoms with Crippen molar-refractivity contribution in [1.29, 1.82) is 0 Å². The van der Waals surface area contributed by atoms with Gasteiger partial charge in [-0.05, 0) is 30.5 Å². The summed E-state index contributed by atoms with van der Waals surface area (Å²) in [6.45, 7) is 1.93. The Kier molecular flexibility index (Phi) is 3.38. The Morgan fingerprint density at radius 3 is 2.55 bits per heavy atom. The molecule has 0 radical (unpaired) electrons. The van der Waals surface area contributed by atoms with Crippen LogP contribution >= 0.6 is 0 Å². The molecule has 2 heteroatoms. The monoisotopic (exact) mass is 264 g/mol. The first kappa shape index (κ1) is 12.7. The largest absolute Gasteiger partial charge is 0.461 e. The summed E-state index contributed by atoms with van der Waals surface area (Å²) in [5.41, 5.74) is 2.94. The molecule has 0 spiro atoms. The summed E-state index contributed by atoms with van der Waals surface area (Å²) in [5, 5.41) is 0.691. The summed E-state index contributed by atoms with van der Waals surface area (Å²) in [7, 11) is 0. The third kappa shape index (κ3) is 2.50. The number of benzene rings is 2. The van der Waals surface area contributed by atoms with Crippen LogP contribution in [0.3, 0.4) is 0 Å². The summed E-state index contributed by atoms with van der Waals surface area (Å²) >= 11 is 0. The Morgan fingerprint density at radius 2 is 1.75 bits per heavy atom. The Morgan fingerprint density at radius 1 is 0.950 bits per heavy atom. The van der Waals surface area contributed by atoms with Crippen molar-refractivity contribution in [3.8, 4) is 0 Å². The van der Waals surface area contributed by atoms with E-state index in [2.05, 4.69) is 12.1 Å². The van der Waals surface area contributed by atoms with Gasteiger partial charge >= 0.3 is 0 Å². The van der Waals surface area contributed by atoms with E-state index in [1.165, 1.54) is 5.56 Å².